The first-order valence-electron chi connectivity index (χ1n) is 7.23. The summed E-state index contributed by atoms with van der Waals surface area (Å²) in [6.07, 6.45) is 0. The fourth-order valence-corrected chi connectivity index (χ4v) is 2.25. The van der Waals surface area contributed by atoms with Crippen LogP contribution in [0.2, 0.25) is 0 Å². The van der Waals surface area contributed by atoms with E-state index >= 15 is 0 Å². The maximum atomic E-state index is 12.0. The first-order valence-corrected chi connectivity index (χ1v) is 7.23. The Morgan fingerprint density at radius 3 is 2.46 bits per heavy atom. The Morgan fingerprint density at radius 2 is 1.88 bits per heavy atom. The van der Waals surface area contributed by atoms with E-state index < -0.39 is 10.8 Å². The maximum Gasteiger partial charge on any atom is 0.296 e. The van der Waals surface area contributed by atoms with Crippen LogP contribution in [0.5, 0.6) is 11.5 Å². The highest BCUT2D eigenvalue weighted by Crippen LogP contribution is 2.29. The van der Waals surface area contributed by atoms with Gasteiger partial charge in [-0.15, -0.1) is 0 Å². The van der Waals surface area contributed by atoms with Gasteiger partial charge < -0.3 is 14.8 Å². The predicted molar refractivity (Wildman–Crippen MR) is 89.7 cm³/mol. The van der Waals surface area contributed by atoms with Crippen molar-refractivity contribution in [2.45, 2.75) is 13.8 Å². The molecule has 0 aliphatic heterocycles. The number of nitrogens with zero attached hydrogens (tertiary/aromatic N) is 1. The molecule has 1 N–H and O–H groups in total. The van der Waals surface area contributed by atoms with Crippen LogP contribution in [0, 0.1) is 24.0 Å². The zero-order chi connectivity index (χ0) is 17.7. The highest BCUT2D eigenvalue weighted by molar-refractivity contribution is 5.94. The number of ether oxygens (including phenoxy) is 2. The molecule has 0 saturated carbocycles. The topological polar surface area (TPSA) is 90.7 Å². The van der Waals surface area contributed by atoms with E-state index in [0.717, 1.165) is 11.1 Å². The lowest BCUT2D eigenvalue weighted by Gasteiger charge is -2.12. The number of nitro groups is 1. The van der Waals surface area contributed by atoms with Gasteiger partial charge >= 0.3 is 0 Å². The number of nitro benzene ring substituents is 1. The molecule has 0 unspecified atom stereocenters. The molecule has 0 aliphatic carbocycles. The highest BCUT2D eigenvalue weighted by Gasteiger charge is 2.17. The summed E-state index contributed by atoms with van der Waals surface area (Å²) in [6, 6.07) is 9.88. The van der Waals surface area contributed by atoms with Crippen LogP contribution in [0.25, 0.3) is 0 Å². The third-order valence-corrected chi connectivity index (χ3v) is 3.43. The standard InChI is InChI=1S/C17H18N2O5/c1-11-5-4-6-12(2)17(11)24-10-16(20)18-14-8-7-13(23-3)9-15(14)19(21)22/h4-9H,10H2,1-3H3,(H,18,20). The molecule has 0 aromatic heterocycles. The lowest BCUT2D eigenvalue weighted by molar-refractivity contribution is -0.384. The Bertz CT molecular complexity index is 753. The number of aryl methyl sites for hydroxylation is 2. The van der Waals surface area contributed by atoms with Crippen molar-refractivity contribution >= 4 is 17.3 Å². The minimum Gasteiger partial charge on any atom is -0.496 e. The molecule has 7 heteroatoms. The second kappa shape index (κ2) is 7.45. The van der Waals surface area contributed by atoms with Gasteiger partial charge in [-0.3, -0.25) is 14.9 Å². The van der Waals surface area contributed by atoms with Crippen LogP contribution in [0.3, 0.4) is 0 Å². The van der Waals surface area contributed by atoms with Crippen molar-refractivity contribution in [3.63, 3.8) is 0 Å². The van der Waals surface area contributed by atoms with Gasteiger partial charge in [-0.05, 0) is 37.1 Å². The highest BCUT2D eigenvalue weighted by atomic mass is 16.6. The van der Waals surface area contributed by atoms with Crippen molar-refractivity contribution in [2.24, 2.45) is 0 Å². The van der Waals surface area contributed by atoms with E-state index in [1.165, 1.54) is 25.3 Å². The third-order valence-electron chi connectivity index (χ3n) is 3.43. The van der Waals surface area contributed by atoms with Crippen molar-refractivity contribution < 1.29 is 19.2 Å². The van der Waals surface area contributed by atoms with Gasteiger partial charge in [-0.25, -0.2) is 0 Å². The molecule has 2 aromatic carbocycles. The minimum atomic E-state index is -0.579. The number of carbonyl (C=O) groups is 1. The lowest BCUT2D eigenvalue weighted by Crippen LogP contribution is -2.21. The quantitative estimate of drug-likeness (QED) is 0.648. The van der Waals surface area contributed by atoms with Crippen molar-refractivity contribution in [2.75, 3.05) is 19.0 Å². The average molecular weight is 330 g/mol. The van der Waals surface area contributed by atoms with Gasteiger partial charge in [0.1, 0.15) is 17.2 Å². The second-order valence-corrected chi connectivity index (χ2v) is 5.20. The molecule has 24 heavy (non-hydrogen) atoms. The van der Waals surface area contributed by atoms with Crippen LogP contribution in [-0.4, -0.2) is 24.5 Å². The van der Waals surface area contributed by atoms with Gasteiger partial charge in [0.05, 0.1) is 18.1 Å². The van der Waals surface area contributed by atoms with Gasteiger partial charge in [-0.2, -0.15) is 0 Å². The monoisotopic (exact) mass is 330 g/mol. The smallest absolute Gasteiger partial charge is 0.296 e. The molecule has 0 bridgehead atoms. The summed E-state index contributed by atoms with van der Waals surface area (Å²) in [5.74, 6) is 0.495. The summed E-state index contributed by atoms with van der Waals surface area (Å²) in [7, 11) is 1.41. The summed E-state index contributed by atoms with van der Waals surface area (Å²) in [5, 5.41) is 13.6. The maximum absolute atomic E-state index is 12.0. The number of hydrogen-bond donors (Lipinski definition) is 1. The fourth-order valence-electron chi connectivity index (χ4n) is 2.25. The van der Waals surface area contributed by atoms with E-state index in [0.29, 0.717) is 11.5 Å². The van der Waals surface area contributed by atoms with E-state index in [4.69, 9.17) is 9.47 Å². The van der Waals surface area contributed by atoms with Crippen molar-refractivity contribution in [1.82, 2.24) is 0 Å². The Hall–Kier alpha value is -3.09. The number of anilines is 1. The molecule has 1 amide bonds. The van der Waals surface area contributed by atoms with E-state index in [1.54, 1.807) is 0 Å². The van der Waals surface area contributed by atoms with Gasteiger partial charge in [0.25, 0.3) is 11.6 Å². The van der Waals surface area contributed by atoms with Crippen molar-refractivity contribution in [3.05, 3.63) is 57.6 Å². The van der Waals surface area contributed by atoms with Crippen molar-refractivity contribution in [3.8, 4) is 11.5 Å². The Balaban J connectivity index is 2.09. The molecule has 0 aliphatic rings. The molecule has 0 spiro atoms. The molecule has 0 saturated heterocycles. The van der Waals surface area contributed by atoms with Crippen LogP contribution < -0.4 is 14.8 Å². The molecular formula is C17H18N2O5. The minimum absolute atomic E-state index is 0.0934. The average Bonchev–Trinajstić information content (AvgIpc) is 2.54. The fraction of sp³-hybridized carbons (Fsp3) is 0.235. The number of rotatable bonds is 6. The largest absolute Gasteiger partial charge is 0.496 e. The number of nitrogens with one attached hydrogen (secondary N) is 1. The van der Waals surface area contributed by atoms with Gasteiger partial charge in [0.2, 0.25) is 0 Å². The molecule has 0 atom stereocenters. The number of methoxy groups -OCH3 is 1. The van der Waals surface area contributed by atoms with E-state index in [-0.39, 0.29) is 18.0 Å². The SMILES string of the molecule is COc1ccc(NC(=O)COc2c(C)cccc2C)c([N+](=O)[O-])c1. The number of carbonyl (C=O) groups excluding carboxylic acids is 1. The zero-order valence-electron chi connectivity index (χ0n) is 13.7. The second-order valence-electron chi connectivity index (χ2n) is 5.20. The summed E-state index contributed by atoms with van der Waals surface area (Å²) < 4.78 is 10.5. The molecule has 7 nitrogen and oxygen atoms in total. The van der Waals surface area contributed by atoms with Crippen LogP contribution in [0.4, 0.5) is 11.4 Å². The first kappa shape index (κ1) is 17.3. The third kappa shape index (κ3) is 4.01. The molecule has 0 radical (unpaired) electrons. The van der Waals surface area contributed by atoms with E-state index in [9.17, 15) is 14.9 Å². The lowest BCUT2D eigenvalue weighted by atomic mass is 10.1. The Kier molecular flexibility index (Phi) is 5.36. The number of para-hydroxylation sites is 1. The summed E-state index contributed by atoms with van der Waals surface area (Å²) >= 11 is 0. The number of benzene rings is 2. The molecule has 0 heterocycles. The van der Waals surface area contributed by atoms with Crippen LogP contribution in [0.15, 0.2) is 36.4 Å². The van der Waals surface area contributed by atoms with Crippen LogP contribution >= 0.6 is 0 Å². The number of hydrogen-bond acceptors (Lipinski definition) is 5. The van der Waals surface area contributed by atoms with Gasteiger partial charge in [-0.1, -0.05) is 18.2 Å². The summed E-state index contributed by atoms with van der Waals surface area (Å²) in [4.78, 5) is 22.6. The molecule has 2 rings (SSSR count). The predicted octanol–water partition coefficient (Wildman–Crippen LogP) is 3.24. The summed E-state index contributed by atoms with van der Waals surface area (Å²) in [6.45, 7) is 3.53. The Morgan fingerprint density at radius 1 is 1.21 bits per heavy atom. The van der Waals surface area contributed by atoms with Crippen LogP contribution in [-0.2, 0) is 4.79 Å². The normalized spacial score (nSPS) is 10.1. The van der Waals surface area contributed by atoms with E-state index in [1.807, 2.05) is 32.0 Å². The van der Waals surface area contributed by atoms with Gasteiger partial charge in [0, 0.05) is 0 Å². The van der Waals surface area contributed by atoms with Gasteiger partial charge in [0.15, 0.2) is 6.61 Å². The Labute approximate surface area is 139 Å². The molecule has 2 aromatic rings. The molecule has 0 fully saturated rings. The van der Waals surface area contributed by atoms with E-state index in [2.05, 4.69) is 5.32 Å². The van der Waals surface area contributed by atoms with Crippen LogP contribution in [0.1, 0.15) is 11.1 Å². The zero-order valence-corrected chi connectivity index (χ0v) is 13.7. The summed E-state index contributed by atoms with van der Waals surface area (Å²) in [5.41, 5.74) is 1.68. The number of amides is 1. The molecular weight excluding hydrogens is 312 g/mol. The molecule has 126 valence electrons. The van der Waals surface area contributed by atoms with Crippen molar-refractivity contribution in [1.29, 1.82) is 0 Å². The first-order chi connectivity index (χ1) is 11.4.